The number of ether oxygens (including phenoxy) is 1. The molecule has 0 saturated carbocycles. The summed E-state index contributed by atoms with van der Waals surface area (Å²) in [6.45, 7) is 1.63. The molecule has 1 aliphatic heterocycles. The number of anilines is 2. The fraction of sp³-hybridized carbons (Fsp3) is 0.294. The summed E-state index contributed by atoms with van der Waals surface area (Å²) in [6, 6.07) is 9.03. The summed E-state index contributed by atoms with van der Waals surface area (Å²) in [7, 11) is -2.53. The van der Waals surface area contributed by atoms with Crippen molar-refractivity contribution < 1.29 is 21.9 Å². The molecule has 0 radical (unpaired) electrons. The second-order valence-corrected chi connectivity index (χ2v) is 7.47. The van der Waals surface area contributed by atoms with Gasteiger partial charge in [-0.1, -0.05) is 0 Å². The molecule has 5 nitrogen and oxygen atoms in total. The summed E-state index contributed by atoms with van der Waals surface area (Å²) in [5.74, 6) is -1.83. The van der Waals surface area contributed by atoms with Crippen molar-refractivity contribution in [1.29, 1.82) is 0 Å². The SMILES string of the molecule is COC1CCN(c2ccc(NS(=O)(=O)c3cc(F)ccc3F)cc2)C1. The van der Waals surface area contributed by atoms with Gasteiger partial charge in [-0.15, -0.1) is 0 Å². The molecule has 0 aromatic heterocycles. The molecule has 8 heteroatoms. The molecule has 1 aliphatic rings. The summed E-state index contributed by atoms with van der Waals surface area (Å²) < 4.78 is 59.0. The molecule has 0 spiro atoms. The van der Waals surface area contributed by atoms with Gasteiger partial charge in [0.25, 0.3) is 10.0 Å². The Hall–Kier alpha value is -2.19. The summed E-state index contributed by atoms with van der Waals surface area (Å²) in [5, 5.41) is 0. The van der Waals surface area contributed by atoms with E-state index in [1.165, 1.54) is 0 Å². The molecule has 3 rings (SSSR count). The molecule has 0 bridgehead atoms. The van der Waals surface area contributed by atoms with E-state index in [0.717, 1.165) is 37.3 Å². The third-order valence-corrected chi connectivity index (χ3v) is 5.54. The molecule has 2 aromatic carbocycles. The molecular formula is C17H18F2N2O3S. The average molecular weight is 368 g/mol. The Balaban J connectivity index is 1.76. The predicted molar refractivity (Wildman–Crippen MR) is 91.2 cm³/mol. The van der Waals surface area contributed by atoms with Crippen LogP contribution in [0, 0.1) is 11.6 Å². The summed E-state index contributed by atoms with van der Waals surface area (Å²) >= 11 is 0. The lowest BCUT2D eigenvalue weighted by Gasteiger charge is -2.19. The van der Waals surface area contributed by atoms with Crippen LogP contribution in [0.2, 0.25) is 0 Å². The number of benzene rings is 2. The fourth-order valence-electron chi connectivity index (χ4n) is 2.79. The van der Waals surface area contributed by atoms with Gasteiger partial charge in [-0.2, -0.15) is 0 Å². The Morgan fingerprint density at radius 2 is 1.88 bits per heavy atom. The topological polar surface area (TPSA) is 58.6 Å². The molecule has 1 N–H and O–H groups in total. The second-order valence-electron chi connectivity index (χ2n) is 5.82. The second kappa shape index (κ2) is 6.97. The number of hydrogen-bond donors (Lipinski definition) is 1. The maximum Gasteiger partial charge on any atom is 0.264 e. The van der Waals surface area contributed by atoms with Gasteiger partial charge < -0.3 is 9.64 Å². The van der Waals surface area contributed by atoms with Gasteiger partial charge in [-0.05, 0) is 48.9 Å². The predicted octanol–water partition coefficient (Wildman–Crippen LogP) is 2.99. The number of rotatable bonds is 5. The number of nitrogens with one attached hydrogen (secondary N) is 1. The highest BCUT2D eigenvalue weighted by molar-refractivity contribution is 7.92. The number of sulfonamides is 1. The summed E-state index contributed by atoms with van der Waals surface area (Å²) in [4.78, 5) is 1.41. The molecular weight excluding hydrogens is 350 g/mol. The normalized spacial score (nSPS) is 17.7. The van der Waals surface area contributed by atoms with Crippen molar-refractivity contribution in [2.24, 2.45) is 0 Å². The van der Waals surface area contributed by atoms with Crippen LogP contribution in [-0.2, 0) is 14.8 Å². The van der Waals surface area contributed by atoms with Gasteiger partial charge in [0.15, 0.2) is 0 Å². The molecule has 1 heterocycles. The Kier molecular flexibility index (Phi) is 4.91. The number of hydrogen-bond acceptors (Lipinski definition) is 4. The smallest absolute Gasteiger partial charge is 0.264 e. The minimum atomic E-state index is -4.21. The Morgan fingerprint density at radius 3 is 2.52 bits per heavy atom. The molecule has 0 amide bonds. The first-order chi connectivity index (χ1) is 11.9. The maximum atomic E-state index is 13.7. The molecule has 1 fully saturated rings. The highest BCUT2D eigenvalue weighted by atomic mass is 32.2. The van der Waals surface area contributed by atoms with Crippen molar-refractivity contribution in [2.75, 3.05) is 29.8 Å². The fourth-order valence-corrected chi connectivity index (χ4v) is 3.94. The van der Waals surface area contributed by atoms with Gasteiger partial charge in [0.05, 0.1) is 6.10 Å². The molecule has 1 atom stereocenters. The first-order valence-electron chi connectivity index (χ1n) is 7.75. The van der Waals surface area contributed by atoms with Crippen molar-refractivity contribution in [1.82, 2.24) is 0 Å². The molecule has 2 aromatic rings. The highest BCUT2D eigenvalue weighted by Crippen LogP contribution is 2.25. The minimum absolute atomic E-state index is 0.189. The standard InChI is InChI=1S/C17H18F2N2O3S/c1-24-15-8-9-21(11-15)14-5-3-13(4-6-14)20-25(22,23)17-10-12(18)2-7-16(17)19/h2-7,10,15,20H,8-9,11H2,1H3. The largest absolute Gasteiger partial charge is 0.380 e. The van der Waals surface area contributed by atoms with Crippen molar-refractivity contribution in [3.8, 4) is 0 Å². The number of methoxy groups -OCH3 is 1. The Labute approximate surface area is 145 Å². The lowest BCUT2D eigenvalue weighted by Crippen LogP contribution is -2.22. The minimum Gasteiger partial charge on any atom is -0.380 e. The van der Waals surface area contributed by atoms with Gasteiger partial charge in [-0.25, -0.2) is 17.2 Å². The van der Waals surface area contributed by atoms with Gasteiger partial charge in [0, 0.05) is 31.6 Å². The van der Waals surface area contributed by atoms with Crippen LogP contribution >= 0.6 is 0 Å². The first-order valence-corrected chi connectivity index (χ1v) is 9.23. The Bertz CT molecular complexity index is 857. The van der Waals surface area contributed by atoms with Gasteiger partial charge in [-0.3, -0.25) is 4.72 Å². The van der Waals surface area contributed by atoms with Crippen LogP contribution in [0.3, 0.4) is 0 Å². The molecule has 0 aliphatic carbocycles. The van der Waals surface area contributed by atoms with Crippen LogP contribution < -0.4 is 9.62 Å². The van der Waals surface area contributed by atoms with Crippen LogP contribution in [0.5, 0.6) is 0 Å². The van der Waals surface area contributed by atoms with E-state index < -0.39 is 26.6 Å². The van der Waals surface area contributed by atoms with E-state index in [-0.39, 0.29) is 11.8 Å². The average Bonchev–Trinajstić information content (AvgIpc) is 3.06. The highest BCUT2D eigenvalue weighted by Gasteiger charge is 2.23. The molecule has 1 saturated heterocycles. The third-order valence-electron chi connectivity index (χ3n) is 4.15. The van der Waals surface area contributed by atoms with Crippen molar-refractivity contribution in [3.63, 3.8) is 0 Å². The van der Waals surface area contributed by atoms with E-state index in [2.05, 4.69) is 9.62 Å². The van der Waals surface area contributed by atoms with E-state index in [4.69, 9.17) is 4.74 Å². The van der Waals surface area contributed by atoms with Gasteiger partial charge >= 0.3 is 0 Å². The quantitative estimate of drug-likeness (QED) is 0.882. The Morgan fingerprint density at radius 1 is 1.16 bits per heavy atom. The first kappa shape index (κ1) is 17.6. The van der Waals surface area contributed by atoms with E-state index in [1.807, 2.05) is 0 Å². The zero-order valence-corrected chi connectivity index (χ0v) is 14.4. The number of halogens is 2. The molecule has 1 unspecified atom stereocenters. The third kappa shape index (κ3) is 3.91. The van der Waals surface area contributed by atoms with E-state index in [1.54, 1.807) is 31.4 Å². The van der Waals surface area contributed by atoms with Crippen LogP contribution in [0.4, 0.5) is 20.2 Å². The van der Waals surface area contributed by atoms with E-state index >= 15 is 0 Å². The van der Waals surface area contributed by atoms with Crippen LogP contribution in [0.25, 0.3) is 0 Å². The van der Waals surface area contributed by atoms with Gasteiger partial charge in [0.2, 0.25) is 0 Å². The van der Waals surface area contributed by atoms with E-state index in [0.29, 0.717) is 6.07 Å². The lowest BCUT2D eigenvalue weighted by molar-refractivity contribution is 0.121. The van der Waals surface area contributed by atoms with Crippen molar-refractivity contribution in [2.45, 2.75) is 17.4 Å². The van der Waals surface area contributed by atoms with E-state index in [9.17, 15) is 17.2 Å². The van der Waals surface area contributed by atoms with Crippen molar-refractivity contribution in [3.05, 3.63) is 54.1 Å². The summed E-state index contributed by atoms with van der Waals surface area (Å²) in [6.07, 6.45) is 1.12. The molecule has 25 heavy (non-hydrogen) atoms. The zero-order valence-electron chi connectivity index (χ0n) is 13.6. The monoisotopic (exact) mass is 368 g/mol. The lowest BCUT2D eigenvalue weighted by atomic mass is 10.2. The van der Waals surface area contributed by atoms with Crippen LogP contribution in [-0.4, -0.2) is 34.7 Å². The zero-order chi connectivity index (χ0) is 18.0. The van der Waals surface area contributed by atoms with Crippen LogP contribution in [0.1, 0.15) is 6.42 Å². The number of nitrogens with zero attached hydrogens (tertiary/aromatic N) is 1. The summed E-state index contributed by atoms with van der Waals surface area (Å²) in [5.41, 5.74) is 1.22. The maximum absolute atomic E-state index is 13.7. The van der Waals surface area contributed by atoms with Crippen LogP contribution in [0.15, 0.2) is 47.4 Å². The molecule has 134 valence electrons. The van der Waals surface area contributed by atoms with Gasteiger partial charge in [0.1, 0.15) is 16.5 Å². The van der Waals surface area contributed by atoms with Crippen molar-refractivity contribution >= 4 is 21.4 Å².